The molecule has 18 heavy (non-hydrogen) atoms. The molecule has 0 aromatic heterocycles. The van der Waals surface area contributed by atoms with E-state index >= 15 is 0 Å². The fraction of sp³-hybridized carbons (Fsp3) is 0.500. The molecule has 1 N–H and O–H groups in total. The summed E-state index contributed by atoms with van der Waals surface area (Å²) < 4.78 is 5.23. The van der Waals surface area contributed by atoms with E-state index in [2.05, 4.69) is 6.08 Å². The summed E-state index contributed by atoms with van der Waals surface area (Å²) in [7, 11) is 1.65. The largest absolute Gasteiger partial charge is 0.497 e. The molecule has 1 aromatic rings. The van der Waals surface area contributed by atoms with Crippen LogP contribution in [-0.2, 0) is 5.60 Å². The maximum atomic E-state index is 10.8. The second-order valence-electron chi connectivity index (χ2n) is 5.13. The zero-order valence-electron chi connectivity index (χ0n) is 11.3. The zero-order valence-corrected chi connectivity index (χ0v) is 11.3. The average molecular weight is 246 g/mol. The fourth-order valence-corrected chi connectivity index (χ4v) is 2.57. The van der Waals surface area contributed by atoms with Crippen molar-refractivity contribution in [1.29, 1.82) is 0 Å². The van der Waals surface area contributed by atoms with E-state index in [0.29, 0.717) is 0 Å². The van der Waals surface area contributed by atoms with Gasteiger partial charge in [0, 0.05) is 0 Å². The van der Waals surface area contributed by atoms with Gasteiger partial charge in [0.05, 0.1) is 7.11 Å². The summed E-state index contributed by atoms with van der Waals surface area (Å²) in [5.74, 6) is 0.794. The van der Waals surface area contributed by atoms with Crippen LogP contribution in [0.5, 0.6) is 5.75 Å². The highest BCUT2D eigenvalue weighted by Crippen LogP contribution is 2.35. The third-order valence-electron chi connectivity index (χ3n) is 3.80. The van der Waals surface area contributed by atoms with E-state index in [1.165, 1.54) is 19.3 Å². The number of rotatable bonds is 3. The van der Waals surface area contributed by atoms with E-state index in [-0.39, 0.29) is 0 Å². The quantitative estimate of drug-likeness (QED) is 0.822. The van der Waals surface area contributed by atoms with Crippen molar-refractivity contribution in [2.75, 3.05) is 7.11 Å². The van der Waals surface area contributed by atoms with Gasteiger partial charge < -0.3 is 9.84 Å². The Morgan fingerprint density at radius 3 is 2.83 bits per heavy atom. The smallest absolute Gasteiger partial charge is 0.119 e. The highest BCUT2D eigenvalue weighted by molar-refractivity contribution is 5.37. The zero-order chi connectivity index (χ0) is 13.0. The van der Waals surface area contributed by atoms with Gasteiger partial charge in [0.2, 0.25) is 0 Å². The van der Waals surface area contributed by atoms with Crippen molar-refractivity contribution >= 4 is 0 Å². The predicted octanol–water partition coefficient (Wildman–Crippen LogP) is 3.79. The first-order chi connectivity index (χ1) is 8.64. The molecule has 2 rings (SSSR count). The van der Waals surface area contributed by atoms with Gasteiger partial charge in [-0.2, -0.15) is 0 Å². The van der Waals surface area contributed by atoms with Crippen molar-refractivity contribution in [2.45, 2.75) is 44.6 Å². The van der Waals surface area contributed by atoms with Gasteiger partial charge in [-0.05, 0) is 55.9 Å². The molecule has 0 saturated carbocycles. The fourth-order valence-electron chi connectivity index (χ4n) is 2.57. The second-order valence-corrected chi connectivity index (χ2v) is 5.13. The first kappa shape index (κ1) is 13.2. The second kappa shape index (κ2) is 5.57. The van der Waals surface area contributed by atoms with Crippen LogP contribution in [0.3, 0.4) is 0 Å². The van der Waals surface area contributed by atoms with E-state index in [1.807, 2.05) is 31.2 Å². The average Bonchev–Trinajstić information content (AvgIpc) is 2.68. The molecular weight excluding hydrogens is 224 g/mol. The Morgan fingerprint density at radius 1 is 1.22 bits per heavy atom. The standard InChI is InChI=1S/C16H22O2/c1-16(17,13-8-5-3-4-6-9-13)14-10-7-11-15(12-14)18-2/h7-8,10-12,17H,3-6,9H2,1-2H3. The van der Waals surface area contributed by atoms with Crippen LogP contribution in [0.4, 0.5) is 0 Å². The molecule has 0 aliphatic heterocycles. The molecule has 98 valence electrons. The normalized spacial score (nSPS) is 19.6. The van der Waals surface area contributed by atoms with Crippen molar-refractivity contribution < 1.29 is 9.84 Å². The van der Waals surface area contributed by atoms with Crippen molar-refractivity contribution in [3.05, 3.63) is 41.5 Å². The van der Waals surface area contributed by atoms with Gasteiger partial charge in [-0.1, -0.05) is 24.6 Å². The Morgan fingerprint density at radius 2 is 2.06 bits per heavy atom. The molecule has 1 aromatic carbocycles. The number of hydrogen-bond donors (Lipinski definition) is 1. The molecule has 0 amide bonds. The van der Waals surface area contributed by atoms with Crippen LogP contribution in [0.25, 0.3) is 0 Å². The van der Waals surface area contributed by atoms with E-state index in [9.17, 15) is 5.11 Å². The van der Waals surface area contributed by atoms with Crippen LogP contribution in [0, 0.1) is 0 Å². The van der Waals surface area contributed by atoms with Gasteiger partial charge in [0.25, 0.3) is 0 Å². The lowest BCUT2D eigenvalue weighted by Crippen LogP contribution is -2.24. The first-order valence-corrected chi connectivity index (χ1v) is 6.71. The van der Waals surface area contributed by atoms with Gasteiger partial charge >= 0.3 is 0 Å². The molecule has 0 bridgehead atoms. The molecule has 1 unspecified atom stereocenters. The van der Waals surface area contributed by atoms with Crippen molar-refractivity contribution in [3.63, 3.8) is 0 Å². The minimum atomic E-state index is -0.876. The van der Waals surface area contributed by atoms with Gasteiger partial charge in [-0.15, -0.1) is 0 Å². The lowest BCUT2D eigenvalue weighted by molar-refractivity contribution is 0.0929. The highest BCUT2D eigenvalue weighted by atomic mass is 16.5. The highest BCUT2D eigenvalue weighted by Gasteiger charge is 2.28. The Labute approximate surface area is 109 Å². The predicted molar refractivity (Wildman–Crippen MR) is 73.7 cm³/mol. The van der Waals surface area contributed by atoms with Crippen molar-refractivity contribution in [2.24, 2.45) is 0 Å². The number of methoxy groups -OCH3 is 1. The Kier molecular flexibility index (Phi) is 4.07. The molecule has 0 heterocycles. The third kappa shape index (κ3) is 2.75. The summed E-state index contributed by atoms with van der Waals surface area (Å²) in [6.45, 7) is 1.89. The monoisotopic (exact) mass is 246 g/mol. The van der Waals surface area contributed by atoms with E-state index in [4.69, 9.17) is 4.74 Å². The van der Waals surface area contributed by atoms with Gasteiger partial charge in [-0.3, -0.25) is 0 Å². The lowest BCUT2D eigenvalue weighted by Gasteiger charge is -2.27. The summed E-state index contributed by atoms with van der Waals surface area (Å²) in [4.78, 5) is 0. The van der Waals surface area contributed by atoms with Crippen molar-refractivity contribution in [1.82, 2.24) is 0 Å². The topological polar surface area (TPSA) is 29.5 Å². The SMILES string of the molecule is COc1cccc(C(C)(O)C2=CCCCCC2)c1. The molecule has 1 atom stereocenters. The van der Waals surface area contributed by atoms with E-state index in [1.54, 1.807) is 7.11 Å². The molecule has 1 aliphatic rings. The number of hydrogen-bond acceptors (Lipinski definition) is 2. The Hall–Kier alpha value is -1.28. The maximum Gasteiger partial charge on any atom is 0.119 e. The van der Waals surface area contributed by atoms with Crippen LogP contribution in [0.1, 0.15) is 44.6 Å². The van der Waals surface area contributed by atoms with Crippen LogP contribution < -0.4 is 4.74 Å². The molecule has 0 saturated heterocycles. The summed E-state index contributed by atoms with van der Waals surface area (Å²) in [5.41, 5.74) is 1.18. The number of aliphatic hydroxyl groups is 1. The van der Waals surface area contributed by atoms with Gasteiger partial charge in [0.15, 0.2) is 0 Å². The first-order valence-electron chi connectivity index (χ1n) is 6.71. The molecule has 2 heteroatoms. The van der Waals surface area contributed by atoms with Crippen molar-refractivity contribution in [3.8, 4) is 5.75 Å². The lowest BCUT2D eigenvalue weighted by atomic mass is 9.85. The molecular formula is C16H22O2. The molecule has 0 spiro atoms. The minimum Gasteiger partial charge on any atom is -0.497 e. The van der Waals surface area contributed by atoms with Gasteiger partial charge in [0.1, 0.15) is 11.4 Å². The maximum absolute atomic E-state index is 10.8. The number of benzene rings is 1. The Bertz CT molecular complexity index is 432. The molecule has 0 fully saturated rings. The van der Waals surface area contributed by atoms with Crippen LogP contribution >= 0.6 is 0 Å². The summed E-state index contributed by atoms with van der Waals surface area (Å²) in [6.07, 6.45) is 7.95. The third-order valence-corrected chi connectivity index (χ3v) is 3.80. The Balaban J connectivity index is 2.30. The number of ether oxygens (including phenoxy) is 1. The molecule has 0 radical (unpaired) electrons. The summed E-state index contributed by atoms with van der Waals surface area (Å²) in [5, 5.41) is 10.8. The van der Waals surface area contributed by atoms with E-state index < -0.39 is 5.60 Å². The van der Waals surface area contributed by atoms with Crippen LogP contribution in [-0.4, -0.2) is 12.2 Å². The molecule has 2 nitrogen and oxygen atoms in total. The molecule has 1 aliphatic carbocycles. The van der Waals surface area contributed by atoms with E-state index in [0.717, 1.165) is 29.7 Å². The number of allylic oxidation sites excluding steroid dienone is 1. The van der Waals surface area contributed by atoms with Crippen LogP contribution in [0.2, 0.25) is 0 Å². The van der Waals surface area contributed by atoms with Gasteiger partial charge in [-0.25, -0.2) is 0 Å². The minimum absolute atomic E-state index is 0.794. The van der Waals surface area contributed by atoms with Crippen LogP contribution in [0.15, 0.2) is 35.9 Å². The summed E-state index contributed by atoms with van der Waals surface area (Å²) in [6, 6.07) is 7.72. The summed E-state index contributed by atoms with van der Waals surface area (Å²) >= 11 is 0.